The maximum absolute atomic E-state index is 14.1. The average molecular weight is 379 g/mol. The first-order chi connectivity index (χ1) is 11.1. The fourth-order valence-corrected chi connectivity index (χ4v) is 2.93. The van der Waals surface area contributed by atoms with Crippen LogP contribution in [0.25, 0.3) is 0 Å². The normalized spacial score (nSPS) is 22.9. The second-order valence-corrected chi connectivity index (χ2v) is 7.01. The Hall–Kier alpha value is -1.33. The molecule has 7 heteroatoms. The second kappa shape index (κ2) is 6.89. The molecule has 0 amide bonds. The zero-order valence-corrected chi connectivity index (χ0v) is 15.0. The zero-order chi connectivity index (χ0) is 18.1. The van der Waals surface area contributed by atoms with Crippen LogP contribution in [0.3, 0.4) is 0 Å². The van der Waals surface area contributed by atoms with Crippen molar-refractivity contribution in [1.82, 2.24) is 0 Å². The van der Waals surface area contributed by atoms with Crippen LogP contribution in [0.4, 0.5) is 8.78 Å². The lowest BCUT2D eigenvalue weighted by Gasteiger charge is -2.17. The van der Waals surface area contributed by atoms with Gasteiger partial charge in [0.25, 0.3) is 0 Å². The Morgan fingerprint density at radius 2 is 1.92 bits per heavy atom. The number of allylic oxidation sites excluding steroid dienone is 1. The highest BCUT2D eigenvalue weighted by Gasteiger charge is 2.62. The molecular formula is C17H18Cl2F2O3. The third kappa shape index (κ3) is 4.01. The molecule has 1 fully saturated rings. The van der Waals surface area contributed by atoms with Crippen molar-refractivity contribution < 1.29 is 23.0 Å². The van der Waals surface area contributed by atoms with E-state index in [4.69, 9.17) is 27.9 Å². The molecule has 2 rings (SSSR count). The second-order valence-electron chi connectivity index (χ2n) is 6.16. The van der Waals surface area contributed by atoms with Crippen LogP contribution in [-0.4, -0.2) is 18.7 Å². The van der Waals surface area contributed by atoms with Crippen LogP contribution in [0, 0.1) is 17.3 Å². The standard InChI is InChI=1S/C17H18Cl2F2O3/c1-4-23-15(22)14-12(16(14,2)3)9-13(19)17(20,21)24-11-7-5-10(18)6-8-11/h5-9,12,14H,4H2,1-3H3/t12-,14+/m1/s1. The maximum atomic E-state index is 14.1. The molecule has 0 heterocycles. The molecule has 0 aromatic heterocycles. The number of carbonyl (C=O) groups is 1. The van der Waals surface area contributed by atoms with Crippen molar-refractivity contribution in [1.29, 1.82) is 0 Å². The van der Waals surface area contributed by atoms with E-state index >= 15 is 0 Å². The highest BCUT2D eigenvalue weighted by Crippen LogP contribution is 2.60. The predicted octanol–water partition coefficient (Wildman–Crippen LogP) is 5.27. The van der Waals surface area contributed by atoms with Crippen LogP contribution in [-0.2, 0) is 9.53 Å². The van der Waals surface area contributed by atoms with Gasteiger partial charge >= 0.3 is 12.1 Å². The summed E-state index contributed by atoms with van der Waals surface area (Å²) in [5, 5.41) is -0.355. The lowest BCUT2D eigenvalue weighted by molar-refractivity contribution is -0.145. The van der Waals surface area contributed by atoms with Crippen LogP contribution in [0.5, 0.6) is 5.75 Å². The Bertz CT molecular complexity index is 642. The van der Waals surface area contributed by atoms with Gasteiger partial charge < -0.3 is 9.47 Å². The third-order valence-corrected chi connectivity index (χ3v) is 4.71. The number of halogens is 4. The summed E-state index contributed by atoms with van der Waals surface area (Å²) in [6.07, 6.45) is -2.52. The molecule has 0 N–H and O–H groups in total. The molecule has 0 aliphatic heterocycles. The summed E-state index contributed by atoms with van der Waals surface area (Å²) in [5.74, 6) is -1.38. The molecule has 1 aliphatic carbocycles. The van der Waals surface area contributed by atoms with E-state index in [0.29, 0.717) is 5.02 Å². The summed E-state index contributed by atoms with van der Waals surface area (Å²) < 4.78 is 37.9. The number of benzene rings is 1. The van der Waals surface area contributed by atoms with Crippen molar-refractivity contribution in [3.05, 3.63) is 40.4 Å². The molecule has 2 atom stereocenters. The summed E-state index contributed by atoms with van der Waals surface area (Å²) >= 11 is 11.5. The van der Waals surface area contributed by atoms with Crippen molar-refractivity contribution in [2.24, 2.45) is 17.3 Å². The molecule has 0 radical (unpaired) electrons. The molecular weight excluding hydrogens is 361 g/mol. The first-order valence-electron chi connectivity index (χ1n) is 7.46. The van der Waals surface area contributed by atoms with E-state index in [2.05, 4.69) is 4.74 Å². The number of rotatable bonds is 6. The molecule has 1 aliphatic rings. The Labute approximate surface area is 149 Å². The largest absolute Gasteiger partial charge is 0.466 e. The van der Waals surface area contributed by atoms with Gasteiger partial charge in [0.15, 0.2) is 0 Å². The molecule has 1 aromatic carbocycles. The first kappa shape index (κ1) is 19.0. The number of ether oxygens (including phenoxy) is 2. The maximum Gasteiger partial charge on any atom is 0.437 e. The molecule has 0 spiro atoms. The molecule has 1 saturated carbocycles. The minimum absolute atomic E-state index is 0.0621. The van der Waals surface area contributed by atoms with Crippen LogP contribution in [0.15, 0.2) is 35.4 Å². The minimum Gasteiger partial charge on any atom is -0.466 e. The van der Waals surface area contributed by atoms with E-state index in [1.807, 2.05) is 0 Å². The smallest absolute Gasteiger partial charge is 0.437 e. The molecule has 0 saturated heterocycles. The lowest BCUT2D eigenvalue weighted by Crippen LogP contribution is -2.25. The van der Waals surface area contributed by atoms with E-state index in [-0.39, 0.29) is 12.4 Å². The summed E-state index contributed by atoms with van der Waals surface area (Å²) in [6.45, 7) is 5.54. The molecule has 132 valence electrons. The number of carbonyl (C=O) groups excluding carboxylic acids is 1. The highest BCUT2D eigenvalue weighted by molar-refractivity contribution is 6.30. The van der Waals surface area contributed by atoms with Gasteiger partial charge in [0, 0.05) is 5.02 Å². The van der Waals surface area contributed by atoms with E-state index in [1.165, 1.54) is 30.3 Å². The fraction of sp³-hybridized carbons (Fsp3) is 0.471. The van der Waals surface area contributed by atoms with Gasteiger partial charge in [-0.25, -0.2) is 0 Å². The number of hydrogen-bond donors (Lipinski definition) is 0. The van der Waals surface area contributed by atoms with Crippen LogP contribution in [0.1, 0.15) is 20.8 Å². The van der Waals surface area contributed by atoms with Crippen LogP contribution < -0.4 is 4.74 Å². The number of hydrogen-bond acceptors (Lipinski definition) is 3. The van der Waals surface area contributed by atoms with Crippen molar-refractivity contribution in [2.45, 2.75) is 26.9 Å². The Kier molecular flexibility index (Phi) is 5.45. The van der Waals surface area contributed by atoms with Crippen LogP contribution >= 0.6 is 23.2 Å². The summed E-state index contributed by atoms with van der Waals surface area (Å²) in [7, 11) is 0. The van der Waals surface area contributed by atoms with Gasteiger partial charge in [-0.2, -0.15) is 8.78 Å². The summed E-state index contributed by atoms with van der Waals surface area (Å²) in [6, 6.07) is 5.52. The van der Waals surface area contributed by atoms with Crippen molar-refractivity contribution in [2.75, 3.05) is 6.61 Å². The summed E-state index contributed by atoms with van der Waals surface area (Å²) in [5.41, 5.74) is -0.483. The molecule has 0 unspecified atom stereocenters. The van der Waals surface area contributed by atoms with Gasteiger partial charge in [-0.1, -0.05) is 43.1 Å². The average Bonchev–Trinajstić information content (AvgIpc) is 3.02. The van der Waals surface area contributed by atoms with Crippen LogP contribution in [0.2, 0.25) is 5.02 Å². The third-order valence-electron chi connectivity index (χ3n) is 4.11. The monoisotopic (exact) mass is 378 g/mol. The molecule has 3 nitrogen and oxygen atoms in total. The first-order valence-corrected chi connectivity index (χ1v) is 8.22. The molecule has 24 heavy (non-hydrogen) atoms. The summed E-state index contributed by atoms with van der Waals surface area (Å²) in [4.78, 5) is 11.9. The van der Waals surface area contributed by atoms with E-state index in [9.17, 15) is 13.6 Å². The predicted molar refractivity (Wildman–Crippen MR) is 88.4 cm³/mol. The number of esters is 1. The fourth-order valence-electron chi connectivity index (χ4n) is 2.63. The minimum atomic E-state index is -3.70. The van der Waals surface area contributed by atoms with E-state index in [1.54, 1.807) is 20.8 Å². The number of alkyl halides is 2. The van der Waals surface area contributed by atoms with Gasteiger partial charge in [0.05, 0.1) is 12.5 Å². The van der Waals surface area contributed by atoms with Gasteiger partial charge in [0.2, 0.25) is 0 Å². The van der Waals surface area contributed by atoms with Crippen molar-refractivity contribution in [3.8, 4) is 5.75 Å². The quantitative estimate of drug-likeness (QED) is 0.632. The Morgan fingerprint density at radius 1 is 1.33 bits per heavy atom. The topological polar surface area (TPSA) is 35.5 Å². The SMILES string of the molecule is CCOC(=O)[C@@H]1[C@@H](C=C(Cl)C(F)(F)Oc2ccc(Cl)cc2)C1(C)C. The van der Waals surface area contributed by atoms with E-state index in [0.717, 1.165) is 0 Å². The zero-order valence-electron chi connectivity index (χ0n) is 13.5. The van der Waals surface area contributed by atoms with Gasteiger partial charge in [-0.05, 0) is 42.5 Å². The highest BCUT2D eigenvalue weighted by atomic mass is 35.5. The Balaban J connectivity index is 2.11. The molecule has 1 aromatic rings. The molecule has 0 bridgehead atoms. The lowest BCUT2D eigenvalue weighted by atomic mass is 10.1. The Morgan fingerprint density at radius 3 is 2.46 bits per heavy atom. The van der Waals surface area contributed by atoms with Gasteiger partial charge in [0.1, 0.15) is 10.8 Å². The van der Waals surface area contributed by atoms with Gasteiger partial charge in [-0.3, -0.25) is 4.79 Å². The van der Waals surface area contributed by atoms with Crippen molar-refractivity contribution in [3.63, 3.8) is 0 Å². The van der Waals surface area contributed by atoms with Crippen molar-refractivity contribution >= 4 is 29.2 Å². The van der Waals surface area contributed by atoms with E-state index < -0.39 is 34.4 Å². The van der Waals surface area contributed by atoms with Gasteiger partial charge in [-0.15, -0.1) is 0 Å².